The molecule has 2 N–H and O–H groups in total. The summed E-state index contributed by atoms with van der Waals surface area (Å²) in [5.74, 6) is 0.753. The van der Waals surface area contributed by atoms with E-state index in [1.165, 1.54) is 0 Å². The van der Waals surface area contributed by atoms with Gasteiger partial charge in [0.05, 0.1) is 11.8 Å². The quantitative estimate of drug-likeness (QED) is 0.855. The van der Waals surface area contributed by atoms with Gasteiger partial charge in [0.2, 0.25) is 5.91 Å². The van der Waals surface area contributed by atoms with Gasteiger partial charge in [-0.2, -0.15) is 0 Å². The second kappa shape index (κ2) is 5.95. The molecule has 1 aromatic carbocycles. The fourth-order valence-corrected chi connectivity index (χ4v) is 2.21. The average molecular weight is 262 g/mol. The van der Waals surface area contributed by atoms with Crippen molar-refractivity contribution >= 4 is 17.3 Å². The summed E-state index contributed by atoms with van der Waals surface area (Å²) in [7, 11) is 0. The Balaban J connectivity index is 2.19. The monoisotopic (exact) mass is 262 g/mol. The van der Waals surface area contributed by atoms with Crippen LogP contribution in [0.15, 0.2) is 18.2 Å². The number of ether oxygens (including phenoxy) is 1. The highest BCUT2D eigenvalue weighted by atomic mass is 16.5. The highest BCUT2D eigenvalue weighted by Crippen LogP contribution is 2.36. The van der Waals surface area contributed by atoms with Crippen LogP contribution in [0, 0.1) is 0 Å². The van der Waals surface area contributed by atoms with Gasteiger partial charge in [0.25, 0.3) is 0 Å². The molecule has 1 heterocycles. The number of hydrogen-bond acceptors (Lipinski definition) is 3. The summed E-state index contributed by atoms with van der Waals surface area (Å²) in [6.45, 7) is 6.08. The molecule has 1 aliphatic rings. The van der Waals surface area contributed by atoms with Gasteiger partial charge in [-0.1, -0.05) is 25.8 Å². The molecule has 1 aliphatic heterocycles. The normalized spacial score (nSPS) is 17.7. The number of rotatable bonds is 5. The Morgan fingerprint density at radius 1 is 1.37 bits per heavy atom. The Bertz CT molecular complexity index is 457. The van der Waals surface area contributed by atoms with E-state index in [0.717, 1.165) is 36.4 Å². The molecule has 1 amide bonds. The fourth-order valence-electron chi connectivity index (χ4n) is 2.21. The first-order valence-electron chi connectivity index (χ1n) is 6.99. The lowest BCUT2D eigenvalue weighted by atomic mass is 10.1. The number of carbonyl (C=O) groups excluding carboxylic acids is 1. The molecule has 0 bridgehead atoms. The molecule has 19 heavy (non-hydrogen) atoms. The summed E-state index contributed by atoms with van der Waals surface area (Å²) in [6, 6.07) is 5.66. The van der Waals surface area contributed by atoms with E-state index in [2.05, 4.69) is 17.6 Å². The van der Waals surface area contributed by atoms with Crippen LogP contribution in [-0.2, 0) is 4.79 Å². The zero-order valence-electron chi connectivity index (χ0n) is 11.8. The first-order valence-corrected chi connectivity index (χ1v) is 6.99. The van der Waals surface area contributed by atoms with E-state index >= 15 is 0 Å². The van der Waals surface area contributed by atoms with Crippen molar-refractivity contribution in [3.63, 3.8) is 0 Å². The molecule has 104 valence electrons. The molecule has 0 aliphatic carbocycles. The number of amides is 1. The lowest BCUT2D eigenvalue weighted by Crippen LogP contribution is -2.39. The molecular formula is C15H22N2O2. The zero-order chi connectivity index (χ0) is 13.8. The molecule has 0 saturated heterocycles. The number of benzene rings is 1. The molecular weight excluding hydrogens is 240 g/mol. The summed E-state index contributed by atoms with van der Waals surface area (Å²) in [4.78, 5) is 12.1. The molecule has 0 spiro atoms. The topological polar surface area (TPSA) is 50.4 Å². The molecule has 1 unspecified atom stereocenters. The van der Waals surface area contributed by atoms with Crippen molar-refractivity contribution in [1.29, 1.82) is 0 Å². The van der Waals surface area contributed by atoms with Gasteiger partial charge in [-0.3, -0.25) is 4.79 Å². The van der Waals surface area contributed by atoms with Gasteiger partial charge in [-0.15, -0.1) is 0 Å². The van der Waals surface area contributed by atoms with Crippen LogP contribution >= 0.6 is 0 Å². The average Bonchev–Trinajstić information content (AvgIpc) is 2.36. The van der Waals surface area contributed by atoms with E-state index in [9.17, 15) is 4.79 Å². The Morgan fingerprint density at radius 2 is 2.16 bits per heavy atom. The largest absolute Gasteiger partial charge is 0.489 e. The highest BCUT2D eigenvalue weighted by Gasteiger charge is 2.26. The van der Waals surface area contributed by atoms with E-state index in [1.54, 1.807) is 0 Å². The van der Waals surface area contributed by atoms with Crippen LogP contribution in [0.2, 0.25) is 0 Å². The molecule has 4 heteroatoms. The molecule has 0 radical (unpaired) electrons. The van der Waals surface area contributed by atoms with Crippen molar-refractivity contribution in [1.82, 2.24) is 0 Å². The third-order valence-electron chi connectivity index (χ3n) is 3.13. The number of hydrogen-bond donors (Lipinski definition) is 2. The van der Waals surface area contributed by atoms with E-state index < -0.39 is 0 Å². The van der Waals surface area contributed by atoms with Gasteiger partial charge in [0, 0.05) is 0 Å². The van der Waals surface area contributed by atoms with Gasteiger partial charge in [0.15, 0.2) is 0 Å². The first kappa shape index (κ1) is 13.7. The van der Waals surface area contributed by atoms with Crippen LogP contribution in [0.25, 0.3) is 0 Å². The third-order valence-corrected chi connectivity index (χ3v) is 3.13. The highest BCUT2D eigenvalue weighted by molar-refractivity contribution is 6.04. The van der Waals surface area contributed by atoms with Crippen molar-refractivity contribution in [3.05, 3.63) is 18.2 Å². The minimum absolute atomic E-state index is 0.0285. The molecule has 4 nitrogen and oxygen atoms in total. The second-order valence-corrected chi connectivity index (χ2v) is 5.17. The smallest absolute Gasteiger partial charge is 0.247 e. The lowest BCUT2D eigenvalue weighted by molar-refractivity contribution is -0.117. The summed E-state index contributed by atoms with van der Waals surface area (Å²) in [5.41, 5.74) is 1.70. The second-order valence-electron chi connectivity index (χ2n) is 5.17. The third kappa shape index (κ3) is 3.19. The van der Waals surface area contributed by atoms with Crippen LogP contribution in [0.5, 0.6) is 5.75 Å². The van der Waals surface area contributed by atoms with Crippen LogP contribution < -0.4 is 15.4 Å². The van der Waals surface area contributed by atoms with E-state index in [-0.39, 0.29) is 18.1 Å². The maximum atomic E-state index is 12.1. The number of fused-ring (bicyclic) bond motifs is 1. The Morgan fingerprint density at radius 3 is 2.84 bits per heavy atom. The van der Waals surface area contributed by atoms with Gasteiger partial charge in [-0.25, -0.2) is 0 Å². The molecule has 0 fully saturated rings. The molecule has 1 aromatic rings. The Kier molecular flexibility index (Phi) is 4.30. The van der Waals surface area contributed by atoms with E-state index in [4.69, 9.17) is 4.74 Å². The van der Waals surface area contributed by atoms with Gasteiger partial charge < -0.3 is 15.4 Å². The summed E-state index contributed by atoms with van der Waals surface area (Å²) < 4.78 is 5.72. The van der Waals surface area contributed by atoms with Crippen molar-refractivity contribution in [3.8, 4) is 5.75 Å². The van der Waals surface area contributed by atoms with E-state index in [1.807, 2.05) is 32.0 Å². The minimum atomic E-state index is -0.137. The van der Waals surface area contributed by atoms with Crippen LogP contribution in [0.3, 0.4) is 0 Å². The maximum absolute atomic E-state index is 12.1. The number of unbranched alkanes of at least 4 members (excludes halogenated alkanes) is 1. The molecule has 0 saturated carbocycles. The van der Waals surface area contributed by atoms with Gasteiger partial charge in [0.1, 0.15) is 17.5 Å². The van der Waals surface area contributed by atoms with Gasteiger partial charge in [-0.05, 0) is 32.4 Å². The number of carbonyl (C=O) groups is 1. The summed E-state index contributed by atoms with van der Waals surface area (Å²) in [6.07, 6.45) is 3.08. The fraction of sp³-hybridized carbons (Fsp3) is 0.533. The predicted molar refractivity (Wildman–Crippen MR) is 77.8 cm³/mol. The van der Waals surface area contributed by atoms with Crippen molar-refractivity contribution in [2.75, 3.05) is 10.6 Å². The molecule has 0 aromatic heterocycles. The van der Waals surface area contributed by atoms with Crippen LogP contribution in [0.4, 0.5) is 11.4 Å². The molecule has 1 atom stereocenters. The maximum Gasteiger partial charge on any atom is 0.247 e. The van der Waals surface area contributed by atoms with Gasteiger partial charge >= 0.3 is 0 Å². The van der Waals surface area contributed by atoms with Crippen molar-refractivity contribution in [2.45, 2.75) is 52.2 Å². The first-order chi connectivity index (χ1) is 9.11. The Labute approximate surface area is 114 Å². The van der Waals surface area contributed by atoms with E-state index in [0.29, 0.717) is 0 Å². The van der Waals surface area contributed by atoms with Crippen molar-refractivity contribution < 1.29 is 9.53 Å². The zero-order valence-corrected chi connectivity index (χ0v) is 11.8. The number of anilines is 2. The van der Waals surface area contributed by atoms with Crippen molar-refractivity contribution in [2.24, 2.45) is 0 Å². The standard InChI is InChI=1S/C15H22N2O2/c1-4-5-7-12-15(18)17-14-11(16-12)8-6-9-13(14)19-10(2)3/h6,8-10,12,16H,4-5,7H2,1-3H3,(H,17,18). The number of nitrogens with one attached hydrogen (secondary N) is 2. The summed E-state index contributed by atoms with van der Waals surface area (Å²) in [5, 5.41) is 6.27. The van der Waals surface area contributed by atoms with Crippen LogP contribution in [-0.4, -0.2) is 18.1 Å². The summed E-state index contributed by atoms with van der Waals surface area (Å²) >= 11 is 0. The Hall–Kier alpha value is -1.71. The molecule has 2 rings (SSSR count). The SMILES string of the molecule is CCCCC1Nc2cccc(OC(C)C)c2NC1=O. The lowest BCUT2D eigenvalue weighted by Gasteiger charge is -2.28. The van der Waals surface area contributed by atoms with Crippen LogP contribution in [0.1, 0.15) is 40.0 Å². The minimum Gasteiger partial charge on any atom is -0.489 e. The predicted octanol–water partition coefficient (Wildman–Crippen LogP) is 3.40. The number of para-hydroxylation sites is 1.